The molecule has 8 heteroatoms. The van der Waals surface area contributed by atoms with Gasteiger partial charge in [0.05, 0.1) is 41.3 Å². The Labute approximate surface area is 194 Å². The van der Waals surface area contributed by atoms with Gasteiger partial charge in [-0.25, -0.2) is 4.99 Å². The molecule has 0 unspecified atom stereocenters. The molecule has 0 saturated heterocycles. The van der Waals surface area contributed by atoms with Crippen molar-refractivity contribution in [3.8, 4) is 17.4 Å². The summed E-state index contributed by atoms with van der Waals surface area (Å²) in [6.45, 7) is 4.58. The number of halogens is 3. The van der Waals surface area contributed by atoms with Gasteiger partial charge < -0.3 is 19.6 Å². The number of nitrogens with zero attached hydrogens (tertiary/aromatic N) is 1. The van der Waals surface area contributed by atoms with Crippen molar-refractivity contribution in [3.63, 3.8) is 0 Å². The molecule has 0 bridgehead atoms. The van der Waals surface area contributed by atoms with Gasteiger partial charge in [-0.1, -0.05) is 30.3 Å². The van der Waals surface area contributed by atoms with Crippen LogP contribution in [0.15, 0.2) is 71.7 Å². The Bertz CT molecular complexity index is 1310. The van der Waals surface area contributed by atoms with E-state index in [4.69, 9.17) is 9.47 Å². The number of benzene rings is 3. The van der Waals surface area contributed by atoms with Crippen LogP contribution in [-0.4, -0.2) is 29.0 Å². The number of hydrogen-bond donors (Lipinski definition) is 2. The van der Waals surface area contributed by atoms with Crippen LogP contribution >= 0.6 is 0 Å². The van der Waals surface area contributed by atoms with Crippen molar-refractivity contribution in [3.05, 3.63) is 83.4 Å². The van der Waals surface area contributed by atoms with Gasteiger partial charge in [-0.3, -0.25) is 0 Å². The van der Waals surface area contributed by atoms with Crippen molar-refractivity contribution in [2.75, 3.05) is 13.2 Å². The highest BCUT2D eigenvalue weighted by atomic mass is 19.4. The summed E-state index contributed by atoms with van der Waals surface area (Å²) in [4.78, 5) is 7.59. The summed E-state index contributed by atoms with van der Waals surface area (Å²) in [6.07, 6.45) is -4.44. The Balaban J connectivity index is 1.92. The molecule has 0 spiro atoms. The first-order valence-electron chi connectivity index (χ1n) is 10.8. The predicted octanol–water partition coefficient (Wildman–Crippen LogP) is 6.86. The van der Waals surface area contributed by atoms with Crippen molar-refractivity contribution >= 4 is 22.3 Å². The molecule has 176 valence electrons. The van der Waals surface area contributed by atoms with Crippen LogP contribution in [0, 0.1) is 0 Å². The largest absolute Gasteiger partial charge is 0.494 e. The molecular formula is C26H23F3N2O3. The van der Waals surface area contributed by atoms with Crippen molar-refractivity contribution in [1.82, 2.24) is 4.98 Å². The Morgan fingerprint density at radius 1 is 0.912 bits per heavy atom. The minimum atomic E-state index is -4.44. The fourth-order valence-electron chi connectivity index (χ4n) is 3.68. The SMILES string of the molecule is CCOc1cc2[nH]c(O)c(C(=Nc3ccc(C(F)(F)F)cc3)c3ccccc3)c2cc1OCC. The number of aromatic hydroxyl groups is 1. The molecule has 0 aliphatic carbocycles. The molecule has 1 heterocycles. The number of nitrogens with one attached hydrogen (secondary N) is 1. The summed E-state index contributed by atoms with van der Waals surface area (Å²) in [5, 5.41) is 11.5. The van der Waals surface area contributed by atoms with Gasteiger partial charge in [0.15, 0.2) is 17.4 Å². The van der Waals surface area contributed by atoms with Crippen LogP contribution in [0.25, 0.3) is 10.9 Å². The molecule has 0 fully saturated rings. The van der Waals surface area contributed by atoms with Crippen LogP contribution in [0.5, 0.6) is 17.4 Å². The molecule has 0 radical (unpaired) electrons. The summed E-state index contributed by atoms with van der Waals surface area (Å²) >= 11 is 0. The number of ether oxygens (including phenoxy) is 2. The Hall–Kier alpha value is -3.94. The zero-order valence-electron chi connectivity index (χ0n) is 18.6. The van der Waals surface area contributed by atoms with Crippen LogP contribution in [0.3, 0.4) is 0 Å². The lowest BCUT2D eigenvalue weighted by Crippen LogP contribution is -2.05. The first kappa shape index (κ1) is 23.2. The standard InChI is InChI=1S/C26H23F3N2O3/c1-3-33-21-14-19-20(15-22(21)34-4-2)31-25(32)23(19)24(16-8-6-5-7-9-16)30-18-12-10-17(11-13-18)26(27,28)29/h5-15,31-32H,3-4H2,1-2H3. The second-order valence-electron chi connectivity index (χ2n) is 7.43. The fraction of sp³-hybridized carbons (Fsp3) is 0.192. The van der Waals surface area contributed by atoms with Gasteiger partial charge in [0.25, 0.3) is 0 Å². The van der Waals surface area contributed by atoms with Crippen LogP contribution in [0.1, 0.15) is 30.5 Å². The molecule has 5 nitrogen and oxygen atoms in total. The topological polar surface area (TPSA) is 66.8 Å². The van der Waals surface area contributed by atoms with Crippen LogP contribution in [0.4, 0.5) is 18.9 Å². The smallest absolute Gasteiger partial charge is 0.416 e. The number of hydrogen-bond acceptors (Lipinski definition) is 4. The highest BCUT2D eigenvalue weighted by Crippen LogP contribution is 2.39. The van der Waals surface area contributed by atoms with Gasteiger partial charge in [-0.05, 0) is 44.2 Å². The lowest BCUT2D eigenvalue weighted by Gasteiger charge is -2.12. The average Bonchev–Trinajstić information content (AvgIpc) is 3.13. The molecule has 4 aromatic rings. The number of aliphatic imine (C=N–C) groups is 1. The van der Waals surface area contributed by atoms with Crippen molar-refractivity contribution in [1.29, 1.82) is 0 Å². The number of alkyl halides is 3. The van der Waals surface area contributed by atoms with Gasteiger partial charge in [0.2, 0.25) is 0 Å². The highest BCUT2D eigenvalue weighted by Gasteiger charge is 2.30. The summed E-state index contributed by atoms with van der Waals surface area (Å²) in [6, 6.07) is 17.2. The Kier molecular flexibility index (Phi) is 6.49. The van der Waals surface area contributed by atoms with Crippen LogP contribution < -0.4 is 9.47 Å². The molecule has 3 aromatic carbocycles. The minimum absolute atomic E-state index is 0.124. The Morgan fingerprint density at radius 2 is 1.53 bits per heavy atom. The van der Waals surface area contributed by atoms with E-state index in [9.17, 15) is 18.3 Å². The van der Waals surface area contributed by atoms with Gasteiger partial charge in [-0.2, -0.15) is 13.2 Å². The maximum Gasteiger partial charge on any atom is 0.416 e. The second kappa shape index (κ2) is 9.51. The summed E-state index contributed by atoms with van der Waals surface area (Å²) in [7, 11) is 0. The van der Waals surface area contributed by atoms with Crippen molar-refractivity contribution in [2.24, 2.45) is 4.99 Å². The number of rotatable bonds is 7. The fourth-order valence-corrected chi connectivity index (χ4v) is 3.68. The van der Waals surface area contributed by atoms with Gasteiger partial charge in [0, 0.05) is 17.0 Å². The second-order valence-corrected chi connectivity index (χ2v) is 7.43. The normalized spacial score (nSPS) is 12.2. The number of aromatic amines is 1. The van der Waals surface area contributed by atoms with E-state index in [1.807, 2.05) is 44.2 Å². The van der Waals surface area contributed by atoms with E-state index in [1.165, 1.54) is 12.1 Å². The molecule has 4 rings (SSSR count). The first-order valence-corrected chi connectivity index (χ1v) is 10.8. The van der Waals surface area contributed by atoms with E-state index in [-0.39, 0.29) is 5.88 Å². The van der Waals surface area contributed by atoms with E-state index in [0.717, 1.165) is 12.1 Å². The third kappa shape index (κ3) is 4.71. The number of fused-ring (bicyclic) bond motifs is 1. The molecule has 0 atom stereocenters. The quantitative estimate of drug-likeness (QED) is 0.291. The maximum atomic E-state index is 13.0. The molecule has 34 heavy (non-hydrogen) atoms. The van der Waals surface area contributed by atoms with Crippen molar-refractivity contribution < 1.29 is 27.8 Å². The molecular weight excluding hydrogens is 445 g/mol. The van der Waals surface area contributed by atoms with Crippen LogP contribution in [0.2, 0.25) is 0 Å². The summed E-state index contributed by atoms with van der Waals surface area (Å²) < 4.78 is 50.4. The average molecular weight is 468 g/mol. The predicted molar refractivity (Wildman–Crippen MR) is 125 cm³/mol. The first-order chi connectivity index (χ1) is 16.3. The molecule has 0 aliphatic heterocycles. The van der Waals surface area contributed by atoms with E-state index in [2.05, 4.69) is 9.98 Å². The van der Waals surface area contributed by atoms with E-state index in [0.29, 0.717) is 58.1 Å². The van der Waals surface area contributed by atoms with E-state index < -0.39 is 11.7 Å². The monoisotopic (exact) mass is 468 g/mol. The van der Waals surface area contributed by atoms with Gasteiger partial charge in [0.1, 0.15) is 0 Å². The summed E-state index contributed by atoms with van der Waals surface area (Å²) in [5.41, 5.74) is 1.66. The lowest BCUT2D eigenvalue weighted by atomic mass is 10.0. The summed E-state index contributed by atoms with van der Waals surface area (Å²) in [5.74, 6) is 0.922. The van der Waals surface area contributed by atoms with E-state index >= 15 is 0 Å². The zero-order valence-corrected chi connectivity index (χ0v) is 18.6. The zero-order chi connectivity index (χ0) is 24.3. The lowest BCUT2D eigenvalue weighted by molar-refractivity contribution is -0.137. The highest BCUT2D eigenvalue weighted by molar-refractivity contribution is 6.22. The third-order valence-corrected chi connectivity index (χ3v) is 5.16. The maximum absolute atomic E-state index is 13.0. The molecule has 2 N–H and O–H groups in total. The van der Waals surface area contributed by atoms with Crippen LogP contribution in [-0.2, 0) is 6.18 Å². The molecule has 0 saturated carbocycles. The third-order valence-electron chi connectivity index (χ3n) is 5.16. The van der Waals surface area contributed by atoms with Crippen molar-refractivity contribution in [2.45, 2.75) is 20.0 Å². The molecule has 1 aromatic heterocycles. The number of H-pyrrole nitrogens is 1. The number of aromatic nitrogens is 1. The Morgan fingerprint density at radius 3 is 2.12 bits per heavy atom. The minimum Gasteiger partial charge on any atom is -0.494 e. The van der Waals surface area contributed by atoms with Gasteiger partial charge in [-0.15, -0.1) is 0 Å². The van der Waals surface area contributed by atoms with E-state index in [1.54, 1.807) is 12.1 Å². The molecule has 0 amide bonds. The van der Waals surface area contributed by atoms with Gasteiger partial charge >= 0.3 is 6.18 Å². The molecule has 0 aliphatic rings.